The van der Waals surface area contributed by atoms with Crippen LogP contribution in [0.3, 0.4) is 0 Å². The summed E-state index contributed by atoms with van der Waals surface area (Å²) in [6.07, 6.45) is -9.42. The van der Waals surface area contributed by atoms with Crippen LogP contribution < -0.4 is 11.1 Å². The highest BCUT2D eigenvalue weighted by Crippen LogP contribution is 2.36. The molecule has 0 fully saturated rings. The van der Waals surface area contributed by atoms with Gasteiger partial charge >= 0.3 is 12.4 Å². The molecule has 0 bridgehead atoms. The number of hydrogen-bond donors (Lipinski definition) is 2. The summed E-state index contributed by atoms with van der Waals surface area (Å²) in [6.45, 7) is -0.249. The highest BCUT2D eigenvalue weighted by molar-refractivity contribution is 5.74. The number of aryl methyl sites for hydroxylation is 1. The van der Waals surface area contributed by atoms with Crippen LogP contribution in [0.25, 0.3) is 0 Å². The van der Waals surface area contributed by atoms with Gasteiger partial charge in [0.25, 0.3) is 0 Å². The van der Waals surface area contributed by atoms with Gasteiger partial charge in [0.2, 0.25) is 5.91 Å². The molecule has 0 atom stereocenters. The van der Waals surface area contributed by atoms with E-state index >= 15 is 0 Å². The van der Waals surface area contributed by atoms with Crippen molar-refractivity contribution in [2.45, 2.75) is 31.7 Å². The second-order valence-corrected chi connectivity index (χ2v) is 5.89. The van der Waals surface area contributed by atoms with Crippen molar-refractivity contribution in [3.8, 4) is 0 Å². The maximum absolute atomic E-state index is 12.9. The molecular formula is C18H16F6N2O. The fourth-order valence-corrected chi connectivity index (χ4v) is 2.49. The summed E-state index contributed by atoms with van der Waals surface area (Å²) in [6, 6.07) is 8.11. The van der Waals surface area contributed by atoms with Crippen LogP contribution in [0.2, 0.25) is 0 Å². The molecular weight excluding hydrogens is 374 g/mol. The summed E-state index contributed by atoms with van der Waals surface area (Å²) in [5.74, 6) is -0.516. The average molecular weight is 390 g/mol. The van der Waals surface area contributed by atoms with E-state index in [0.717, 1.165) is 0 Å². The summed E-state index contributed by atoms with van der Waals surface area (Å²) < 4.78 is 77.4. The molecule has 9 heteroatoms. The molecule has 0 aliphatic carbocycles. The summed E-state index contributed by atoms with van der Waals surface area (Å²) in [5, 5.41) is 2.82. The van der Waals surface area contributed by atoms with Gasteiger partial charge in [-0.15, -0.1) is 0 Å². The fourth-order valence-electron chi connectivity index (χ4n) is 2.49. The number of para-hydroxylation sites is 1. The Balaban J connectivity index is 2.27. The van der Waals surface area contributed by atoms with Crippen molar-refractivity contribution in [3.63, 3.8) is 0 Å². The molecule has 0 saturated carbocycles. The third kappa shape index (κ3) is 5.90. The first-order chi connectivity index (χ1) is 12.5. The van der Waals surface area contributed by atoms with E-state index in [9.17, 15) is 31.1 Å². The first-order valence-corrected chi connectivity index (χ1v) is 7.85. The predicted molar refractivity (Wildman–Crippen MR) is 87.7 cm³/mol. The highest BCUT2D eigenvalue weighted by Gasteiger charge is 2.36. The second kappa shape index (κ2) is 7.89. The molecule has 0 aromatic heterocycles. The number of anilines is 1. The fraction of sp³-hybridized carbons (Fsp3) is 0.278. The van der Waals surface area contributed by atoms with Crippen molar-refractivity contribution in [2.75, 3.05) is 5.32 Å². The van der Waals surface area contributed by atoms with Crippen molar-refractivity contribution in [2.24, 2.45) is 5.73 Å². The maximum Gasteiger partial charge on any atom is 0.416 e. The van der Waals surface area contributed by atoms with Gasteiger partial charge in [-0.05, 0) is 41.8 Å². The quantitative estimate of drug-likeness (QED) is 0.699. The van der Waals surface area contributed by atoms with Crippen molar-refractivity contribution < 1.29 is 31.1 Å². The average Bonchev–Trinajstić information content (AvgIpc) is 2.57. The lowest BCUT2D eigenvalue weighted by Gasteiger charge is -2.16. The Hall–Kier alpha value is -2.71. The Bertz CT molecular complexity index is 782. The predicted octanol–water partition coefficient (Wildman–Crippen LogP) is 4.75. The third-order valence-corrected chi connectivity index (χ3v) is 3.79. The number of nitrogens with one attached hydrogen (secondary N) is 1. The minimum atomic E-state index is -4.89. The van der Waals surface area contributed by atoms with Gasteiger partial charge in [0.1, 0.15) is 0 Å². The molecule has 0 aliphatic rings. The van der Waals surface area contributed by atoms with Gasteiger partial charge in [0, 0.05) is 18.7 Å². The van der Waals surface area contributed by atoms with Gasteiger partial charge in [0.05, 0.1) is 11.1 Å². The van der Waals surface area contributed by atoms with Gasteiger partial charge in [0.15, 0.2) is 0 Å². The molecule has 2 rings (SSSR count). The molecule has 2 aromatic rings. The summed E-state index contributed by atoms with van der Waals surface area (Å²) in [7, 11) is 0. The van der Waals surface area contributed by atoms with Gasteiger partial charge in [-0.1, -0.05) is 18.2 Å². The number of primary amides is 1. The topological polar surface area (TPSA) is 55.1 Å². The van der Waals surface area contributed by atoms with E-state index in [1.165, 1.54) is 0 Å². The number of halogens is 6. The SMILES string of the molecule is NC(=O)CCc1ccccc1NCc1cc(C(F)(F)F)cc(C(F)(F)F)c1. The number of benzene rings is 2. The van der Waals surface area contributed by atoms with Crippen LogP contribution in [0.4, 0.5) is 32.0 Å². The van der Waals surface area contributed by atoms with E-state index in [2.05, 4.69) is 5.32 Å². The number of carbonyl (C=O) groups excluding carboxylic acids is 1. The standard InChI is InChI=1S/C18H16F6N2O/c19-17(20,21)13-7-11(8-14(9-13)18(22,23)24)10-26-15-4-2-1-3-12(15)5-6-16(25)27/h1-4,7-9,26H,5-6,10H2,(H2,25,27). The molecule has 3 nitrogen and oxygen atoms in total. The highest BCUT2D eigenvalue weighted by atomic mass is 19.4. The monoisotopic (exact) mass is 390 g/mol. The number of amides is 1. The summed E-state index contributed by atoms with van der Waals surface area (Å²) in [5.41, 5.74) is 3.39. The Kier molecular flexibility index (Phi) is 6.02. The molecule has 0 radical (unpaired) electrons. The van der Waals surface area contributed by atoms with Crippen molar-refractivity contribution in [1.29, 1.82) is 0 Å². The summed E-state index contributed by atoms with van der Waals surface area (Å²) >= 11 is 0. The van der Waals surface area contributed by atoms with Gasteiger partial charge in [-0.2, -0.15) is 26.3 Å². The molecule has 27 heavy (non-hydrogen) atoms. The van der Waals surface area contributed by atoms with Crippen molar-refractivity contribution in [1.82, 2.24) is 0 Å². The molecule has 0 spiro atoms. The number of carbonyl (C=O) groups is 1. The van der Waals surface area contributed by atoms with E-state index in [-0.39, 0.29) is 24.6 Å². The molecule has 0 aliphatic heterocycles. The van der Waals surface area contributed by atoms with E-state index in [1.54, 1.807) is 24.3 Å². The molecule has 0 saturated heterocycles. The normalized spacial score (nSPS) is 12.1. The zero-order chi connectivity index (χ0) is 20.2. The lowest BCUT2D eigenvalue weighted by molar-refractivity contribution is -0.143. The van der Waals surface area contributed by atoms with E-state index in [0.29, 0.717) is 29.8 Å². The van der Waals surface area contributed by atoms with Crippen LogP contribution in [-0.4, -0.2) is 5.91 Å². The van der Waals surface area contributed by atoms with E-state index in [1.807, 2.05) is 0 Å². The Morgan fingerprint density at radius 1 is 0.926 bits per heavy atom. The Morgan fingerprint density at radius 3 is 2.00 bits per heavy atom. The largest absolute Gasteiger partial charge is 0.416 e. The van der Waals surface area contributed by atoms with Gasteiger partial charge in [-0.3, -0.25) is 4.79 Å². The van der Waals surface area contributed by atoms with Gasteiger partial charge < -0.3 is 11.1 Å². The lowest BCUT2D eigenvalue weighted by Crippen LogP contribution is -2.13. The van der Waals surface area contributed by atoms with Crippen LogP contribution in [-0.2, 0) is 30.1 Å². The lowest BCUT2D eigenvalue weighted by atomic mass is 10.0. The number of rotatable bonds is 6. The van der Waals surface area contributed by atoms with E-state index in [4.69, 9.17) is 5.73 Å². The maximum atomic E-state index is 12.9. The Labute approximate surface area is 151 Å². The zero-order valence-corrected chi connectivity index (χ0v) is 13.9. The molecule has 0 heterocycles. The number of nitrogens with two attached hydrogens (primary N) is 1. The molecule has 0 unspecified atom stereocenters. The van der Waals surface area contributed by atoms with Crippen molar-refractivity contribution >= 4 is 11.6 Å². The zero-order valence-electron chi connectivity index (χ0n) is 13.9. The van der Waals surface area contributed by atoms with Crippen molar-refractivity contribution in [3.05, 3.63) is 64.7 Å². The Morgan fingerprint density at radius 2 is 1.48 bits per heavy atom. The molecule has 1 amide bonds. The molecule has 146 valence electrons. The minimum Gasteiger partial charge on any atom is -0.381 e. The van der Waals surface area contributed by atoms with Crippen LogP contribution in [0, 0.1) is 0 Å². The second-order valence-electron chi connectivity index (χ2n) is 5.89. The van der Waals surface area contributed by atoms with E-state index < -0.39 is 29.4 Å². The summed E-state index contributed by atoms with van der Waals surface area (Å²) in [4.78, 5) is 10.9. The van der Waals surface area contributed by atoms with Crippen LogP contribution in [0.1, 0.15) is 28.7 Å². The first-order valence-electron chi connectivity index (χ1n) is 7.85. The molecule has 3 N–H and O–H groups in total. The van der Waals surface area contributed by atoms with Crippen LogP contribution in [0.5, 0.6) is 0 Å². The van der Waals surface area contributed by atoms with Gasteiger partial charge in [-0.25, -0.2) is 0 Å². The number of hydrogen-bond acceptors (Lipinski definition) is 2. The molecule has 2 aromatic carbocycles. The third-order valence-electron chi connectivity index (χ3n) is 3.79. The number of alkyl halides is 6. The smallest absolute Gasteiger partial charge is 0.381 e. The first kappa shape index (κ1) is 20.6. The van der Waals surface area contributed by atoms with Crippen LogP contribution in [0.15, 0.2) is 42.5 Å². The minimum absolute atomic E-state index is 0.0699. The van der Waals surface area contributed by atoms with Crippen LogP contribution >= 0.6 is 0 Å².